The van der Waals surface area contributed by atoms with Gasteiger partial charge in [-0.3, -0.25) is 14.9 Å². The van der Waals surface area contributed by atoms with E-state index in [0.29, 0.717) is 53.9 Å². The predicted molar refractivity (Wildman–Crippen MR) is 131 cm³/mol. The SMILES string of the molecule is CCC(=O)N1CCN(c2ccc(Cl)cc2NC(=S)NC(=O)c2ccc(Cl)c(Cl)c2)CC1. The molecule has 1 saturated heterocycles. The second-order valence-corrected chi connectivity index (χ2v) is 8.58. The molecule has 2 N–H and O–H groups in total. The van der Waals surface area contributed by atoms with E-state index in [9.17, 15) is 9.59 Å². The number of nitrogens with zero attached hydrogens (tertiary/aromatic N) is 2. The van der Waals surface area contributed by atoms with Crippen molar-refractivity contribution in [2.75, 3.05) is 36.4 Å². The summed E-state index contributed by atoms with van der Waals surface area (Å²) in [6.07, 6.45) is 0.501. The number of hydrogen-bond acceptors (Lipinski definition) is 4. The van der Waals surface area contributed by atoms with Gasteiger partial charge in [0, 0.05) is 43.2 Å². The molecule has 0 unspecified atom stereocenters. The molecule has 6 nitrogen and oxygen atoms in total. The molecule has 0 spiro atoms. The molecule has 0 saturated carbocycles. The lowest BCUT2D eigenvalue weighted by Crippen LogP contribution is -2.48. The van der Waals surface area contributed by atoms with Crippen LogP contribution in [0.3, 0.4) is 0 Å². The highest BCUT2D eigenvalue weighted by Crippen LogP contribution is 2.30. The van der Waals surface area contributed by atoms with E-state index >= 15 is 0 Å². The highest BCUT2D eigenvalue weighted by atomic mass is 35.5. The van der Waals surface area contributed by atoms with Gasteiger partial charge in [-0.15, -0.1) is 0 Å². The van der Waals surface area contributed by atoms with Crippen molar-refractivity contribution >= 4 is 75.3 Å². The van der Waals surface area contributed by atoms with Crippen molar-refractivity contribution in [3.63, 3.8) is 0 Å². The Labute approximate surface area is 201 Å². The van der Waals surface area contributed by atoms with Crippen LogP contribution in [-0.2, 0) is 4.79 Å². The van der Waals surface area contributed by atoms with Gasteiger partial charge in [-0.2, -0.15) is 0 Å². The first-order valence-electron chi connectivity index (χ1n) is 9.68. The van der Waals surface area contributed by atoms with Gasteiger partial charge in [0.15, 0.2) is 5.11 Å². The van der Waals surface area contributed by atoms with Gasteiger partial charge in [0.05, 0.1) is 21.4 Å². The van der Waals surface area contributed by atoms with Crippen molar-refractivity contribution in [3.8, 4) is 0 Å². The van der Waals surface area contributed by atoms with Crippen molar-refractivity contribution < 1.29 is 9.59 Å². The molecule has 1 heterocycles. The van der Waals surface area contributed by atoms with E-state index in [1.54, 1.807) is 24.3 Å². The number of hydrogen-bond donors (Lipinski definition) is 2. The molecule has 0 aliphatic carbocycles. The standard InChI is InChI=1S/C21H21Cl3N4O2S/c1-2-19(29)28-9-7-27(8-10-28)18-6-4-14(22)12-17(18)25-21(31)26-20(30)13-3-5-15(23)16(24)11-13/h3-6,11-12H,2,7-10H2,1H3,(H2,25,26,30,31). The summed E-state index contributed by atoms with van der Waals surface area (Å²) in [5.41, 5.74) is 1.89. The molecule has 2 aromatic rings. The van der Waals surface area contributed by atoms with Crippen LogP contribution in [0.25, 0.3) is 0 Å². The van der Waals surface area contributed by atoms with Gasteiger partial charge >= 0.3 is 0 Å². The molecular formula is C21H21Cl3N4O2S. The van der Waals surface area contributed by atoms with Crippen molar-refractivity contribution in [1.82, 2.24) is 10.2 Å². The first-order valence-corrected chi connectivity index (χ1v) is 11.2. The third-order valence-corrected chi connectivity index (χ3v) is 6.07. The zero-order chi connectivity index (χ0) is 22.5. The number of nitrogens with one attached hydrogen (secondary N) is 2. The van der Waals surface area contributed by atoms with Gasteiger partial charge in [-0.05, 0) is 48.6 Å². The molecule has 31 heavy (non-hydrogen) atoms. The third-order valence-electron chi connectivity index (χ3n) is 4.89. The molecule has 0 atom stereocenters. The Kier molecular flexibility index (Phi) is 8.00. The van der Waals surface area contributed by atoms with Crippen LogP contribution < -0.4 is 15.5 Å². The smallest absolute Gasteiger partial charge is 0.257 e. The Bertz CT molecular complexity index is 1010. The van der Waals surface area contributed by atoms with Crippen LogP contribution in [0, 0.1) is 0 Å². The summed E-state index contributed by atoms with van der Waals surface area (Å²) in [4.78, 5) is 28.4. The maximum atomic E-state index is 12.5. The number of rotatable bonds is 4. The van der Waals surface area contributed by atoms with Crippen LogP contribution in [0.4, 0.5) is 11.4 Å². The number of halogens is 3. The minimum Gasteiger partial charge on any atom is -0.366 e. The summed E-state index contributed by atoms with van der Waals surface area (Å²) in [6.45, 7) is 4.53. The molecular weight excluding hydrogens is 479 g/mol. The van der Waals surface area contributed by atoms with E-state index in [-0.39, 0.29) is 16.0 Å². The van der Waals surface area contributed by atoms with Gasteiger partial charge in [-0.1, -0.05) is 41.7 Å². The number of anilines is 2. The number of piperazine rings is 1. The summed E-state index contributed by atoms with van der Waals surface area (Å²) in [5.74, 6) is -0.258. The molecule has 1 fully saturated rings. The van der Waals surface area contributed by atoms with Gasteiger partial charge < -0.3 is 15.1 Å². The second kappa shape index (κ2) is 10.5. The Morgan fingerprint density at radius 2 is 1.71 bits per heavy atom. The van der Waals surface area contributed by atoms with Crippen molar-refractivity contribution in [1.29, 1.82) is 0 Å². The van der Waals surface area contributed by atoms with Crippen molar-refractivity contribution in [2.45, 2.75) is 13.3 Å². The summed E-state index contributed by atoms with van der Waals surface area (Å²) in [6, 6.07) is 10.0. The summed E-state index contributed by atoms with van der Waals surface area (Å²) in [5, 5.41) is 6.99. The van der Waals surface area contributed by atoms with E-state index in [1.807, 2.05) is 17.9 Å². The molecule has 1 aliphatic rings. The van der Waals surface area contributed by atoms with Gasteiger partial charge in [0.1, 0.15) is 0 Å². The van der Waals surface area contributed by atoms with Crippen molar-refractivity contribution in [2.24, 2.45) is 0 Å². The highest BCUT2D eigenvalue weighted by Gasteiger charge is 2.22. The van der Waals surface area contributed by atoms with E-state index in [4.69, 9.17) is 47.0 Å². The minimum atomic E-state index is -0.411. The van der Waals surface area contributed by atoms with E-state index in [2.05, 4.69) is 15.5 Å². The lowest BCUT2D eigenvalue weighted by Gasteiger charge is -2.37. The monoisotopic (exact) mass is 498 g/mol. The average Bonchev–Trinajstić information content (AvgIpc) is 2.75. The zero-order valence-electron chi connectivity index (χ0n) is 16.8. The maximum absolute atomic E-state index is 12.5. The molecule has 1 aliphatic heterocycles. The van der Waals surface area contributed by atoms with Crippen LogP contribution in [0.5, 0.6) is 0 Å². The van der Waals surface area contributed by atoms with Crippen LogP contribution in [0.1, 0.15) is 23.7 Å². The third kappa shape index (κ3) is 6.01. The zero-order valence-corrected chi connectivity index (χ0v) is 19.8. The molecule has 0 aromatic heterocycles. The van der Waals surface area contributed by atoms with E-state index < -0.39 is 5.91 Å². The molecule has 0 bridgehead atoms. The number of carbonyl (C=O) groups is 2. The Morgan fingerprint density at radius 1 is 1.00 bits per heavy atom. The van der Waals surface area contributed by atoms with Crippen LogP contribution >= 0.6 is 47.0 Å². The number of amides is 2. The molecule has 0 radical (unpaired) electrons. The minimum absolute atomic E-state index is 0.124. The van der Waals surface area contributed by atoms with Crippen LogP contribution in [0.15, 0.2) is 36.4 Å². The number of benzene rings is 2. The molecule has 164 valence electrons. The van der Waals surface area contributed by atoms with Gasteiger partial charge in [-0.25, -0.2) is 0 Å². The van der Waals surface area contributed by atoms with Crippen LogP contribution in [-0.4, -0.2) is 48.0 Å². The number of carbonyl (C=O) groups excluding carboxylic acids is 2. The molecule has 10 heteroatoms. The second-order valence-electron chi connectivity index (χ2n) is 6.92. The fraction of sp³-hybridized carbons (Fsp3) is 0.286. The normalized spacial score (nSPS) is 13.7. The fourth-order valence-corrected chi connectivity index (χ4v) is 3.94. The Hall–Kier alpha value is -2.06. The van der Waals surface area contributed by atoms with Gasteiger partial charge in [0.25, 0.3) is 5.91 Å². The highest BCUT2D eigenvalue weighted by molar-refractivity contribution is 7.80. The first-order chi connectivity index (χ1) is 14.8. The molecule has 2 amide bonds. The van der Waals surface area contributed by atoms with E-state index in [1.165, 1.54) is 6.07 Å². The average molecular weight is 500 g/mol. The maximum Gasteiger partial charge on any atom is 0.257 e. The number of thiocarbonyl (C=S) groups is 1. The predicted octanol–water partition coefficient (Wildman–Crippen LogP) is 4.83. The summed E-state index contributed by atoms with van der Waals surface area (Å²) < 4.78 is 0. The lowest BCUT2D eigenvalue weighted by atomic mass is 10.2. The Balaban J connectivity index is 1.69. The van der Waals surface area contributed by atoms with Gasteiger partial charge in [0.2, 0.25) is 5.91 Å². The topological polar surface area (TPSA) is 64.7 Å². The molecule has 2 aromatic carbocycles. The van der Waals surface area contributed by atoms with Crippen molar-refractivity contribution in [3.05, 3.63) is 57.0 Å². The quantitative estimate of drug-likeness (QED) is 0.590. The Morgan fingerprint density at radius 3 is 2.35 bits per heavy atom. The van der Waals surface area contributed by atoms with E-state index in [0.717, 1.165) is 5.69 Å². The fourth-order valence-electron chi connectivity index (χ4n) is 3.27. The lowest BCUT2D eigenvalue weighted by molar-refractivity contribution is -0.131. The summed E-state index contributed by atoms with van der Waals surface area (Å²) in [7, 11) is 0. The molecule has 3 rings (SSSR count). The van der Waals surface area contributed by atoms with Crippen LogP contribution in [0.2, 0.25) is 15.1 Å². The summed E-state index contributed by atoms with van der Waals surface area (Å²) >= 11 is 23.4. The largest absolute Gasteiger partial charge is 0.366 e. The first kappa shape index (κ1) is 23.6.